The van der Waals surface area contributed by atoms with E-state index in [9.17, 15) is 4.79 Å². The lowest BCUT2D eigenvalue weighted by atomic mass is 10.7. The van der Waals surface area contributed by atoms with Crippen LogP contribution in [0.3, 0.4) is 0 Å². The lowest BCUT2D eigenvalue weighted by molar-refractivity contribution is -0.136. The molecule has 0 spiro atoms. The van der Waals surface area contributed by atoms with Crippen molar-refractivity contribution in [2.75, 3.05) is 20.4 Å². The summed E-state index contributed by atoms with van der Waals surface area (Å²) in [6, 6.07) is 0. The lowest BCUT2D eigenvalue weighted by Crippen LogP contribution is -2.27. The Morgan fingerprint density at radius 3 is 2.45 bits per heavy atom. The van der Waals surface area contributed by atoms with Crippen LogP contribution in [0.2, 0.25) is 0 Å². The van der Waals surface area contributed by atoms with Gasteiger partial charge in [-0.15, -0.1) is 0 Å². The van der Waals surface area contributed by atoms with Crippen molar-refractivity contribution < 1.29 is 18.4 Å². The summed E-state index contributed by atoms with van der Waals surface area (Å²) in [4.78, 5) is 10.5. The van der Waals surface area contributed by atoms with Crippen LogP contribution in [0.5, 0.6) is 0 Å². The van der Waals surface area contributed by atoms with Gasteiger partial charge in [0.2, 0.25) is 0 Å². The summed E-state index contributed by atoms with van der Waals surface area (Å²) in [6.45, 7) is 3.25. The van der Waals surface area contributed by atoms with Gasteiger partial charge in [0.25, 0.3) is 0 Å². The average Bonchev–Trinajstić information content (AvgIpc) is 2.06. The SMILES string of the molecule is C=CC(=O)OC[SiH](OC)OC. The summed E-state index contributed by atoms with van der Waals surface area (Å²) in [6.07, 6.45) is 1.33. The van der Waals surface area contributed by atoms with Gasteiger partial charge < -0.3 is 13.6 Å². The van der Waals surface area contributed by atoms with Crippen LogP contribution in [0.25, 0.3) is 0 Å². The van der Waals surface area contributed by atoms with E-state index in [4.69, 9.17) is 8.85 Å². The highest BCUT2D eigenvalue weighted by Gasteiger charge is 2.11. The van der Waals surface area contributed by atoms with E-state index in [2.05, 4.69) is 11.3 Å². The minimum Gasteiger partial charge on any atom is -0.461 e. The molecule has 0 rings (SSSR count). The van der Waals surface area contributed by atoms with Crippen LogP contribution < -0.4 is 0 Å². The Kier molecular flexibility index (Phi) is 5.72. The zero-order chi connectivity index (χ0) is 8.69. The number of hydrogen-bond acceptors (Lipinski definition) is 4. The molecule has 0 bridgehead atoms. The van der Waals surface area contributed by atoms with Crippen molar-refractivity contribution >= 4 is 15.3 Å². The second kappa shape index (κ2) is 6.08. The first kappa shape index (κ1) is 10.3. The molecule has 0 aromatic rings. The van der Waals surface area contributed by atoms with Crippen molar-refractivity contribution in [3.63, 3.8) is 0 Å². The van der Waals surface area contributed by atoms with Gasteiger partial charge in [-0.1, -0.05) is 6.58 Å². The van der Waals surface area contributed by atoms with Gasteiger partial charge in [-0.25, -0.2) is 4.79 Å². The number of carbonyl (C=O) groups excluding carboxylic acids is 1. The third kappa shape index (κ3) is 4.71. The Hall–Kier alpha value is -0.653. The van der Waals surface area contributed by atoms with Crippen molar-refractivity contribution in [2.24, 2.45) is 0 Å². The number of rotatable bonds is 5. The second-order valence-electron chi connectivity index (χ2n) is 1.74. The first-order valence-corrected chi connectivity index (χ1v) is 4.85. The third-order valence-electron chi connectivity index (χ3n) is 1.05. The largest absolute Gasteiger partial charge is 0.461 e. The number of hydrogen-bond donors (Lipinski definition) is 0. The van der Waals surface area contributed by atoms with E-state index in [0.29, 0.717) is 0 Å². The number of esters is 1. The predicted molar refractivity (Wildman–Crippen MR) is 42.3 cm³/mol. The Bertz CT molecular complexity index is 133. The van der Waals surface area contributed by atoms with Gasteiger partial charge in [0.15, 0.2) is 0 Å². The maximum atomic E-state index is 10.5. The van der Waals surface area contributed by atoms with Gasteiger partial charge in [0.05, 0.1) is 0 Å². The van der Waals surface area contributed by atoms with E-state index in [1.807, 2.05) is 0 Å². The normalized spacial score (nSPS) is 9.73. The van der Waals surface area contributed by atoms with E-state index in [1.54, 1.807) is 0 Å². The highest BCUT2D eigenvalue weighted by atomic mass is 28.3. The standard InChI is InChI=1S/C6H12O4Si/c1-4-6(7)10-5-11(8-2)9-3/h4,11H,1,5H2,2-3H3. The smallest absolute Gasteiger partial charge is 0.360 e. The molecule has 0 aliphatic heterocycles. The molecule has 0 aliphatic carbocycles. The molecular weight excluding hydrogens is 164 g/mol. The Labute approximate surface area is 67.6 Å². The average molecular weight is 176 g/mol. The van der Waals surface area contributed by atoms with Gasteiger partial charge >= 0.3 is 15.3 Å². The van der Waals surface area contributed by atoms with Crippen molar-refractivity contribution in [1.82, 2.24) is 0 Å². The van der Waals surface area contributed by atoms with E-state index in [1.165, 1.54) is 14.2 Å². The van der Waals surface area contributed by atoms with Crippen LogP contribution in [0.4, 0.5) is 0 Å². The van der Waals surface area contributed by atoms with Gasteiger partial charge in [-0.2, -0.15) is 0 Å². The second-order valence-corrected chi connectivity index (χ2v) is 3.87. The Balaban J connectivity index is 3.49. The molecular formula is C6H12O4Si. The van der Waals surface area contributed by atoms with E-state index >= 15 is 0 Å². The zero-order valence-electron chi connectivity index (χ0n) is 6.70. The minimum absolute atomic E-state index is 0.220. The molecule has 0 aromatic carbocycles. The maximum Gasteiger partial charge on any atom is 0.360 e. The Morgan fingerprint density at radius 2 is 2.09 bits per heavy atom. The summed E-state index contributed by atoms with van der Waals surface area (Å²) in [5, 5.41) is 0. The lowest BCUT2D eigenvalue weighted by Gasteiger charge is -2.09. The van der Waals surface area contributed by atoms with Crippen LogP contribution >= 0.6 is 0 Å². The monoisotopic (exact) mass is 176 g/mol. The van der Waals surface area contributed by atoms with E-state index < -0.39 is 15.3 Å². The van der Waals surface area contributed by atoms with Gasteiger partial charge in [0, 0.05) is 20.3 Å². The molecule has 0 radical (unpaired) electrons. The molecule has 0 fully saturated rings. The summed E-state index contributed by atoms with van der Waals surface area (Å²) in [5.41, 5.74) is 0. The van der Waals surface area contributed by atoms with Crippen LogP contribution in [-0.2, 0) is 18.4 Å². The molecule has 0 aliphatic rings. The molecule has 0 amide bonds. The molecule has 64 valence electrons. The summed E-state index contributed by atoms with van der Waals surface area (Å²) < 4.78 is 14.5. The Morgan fingerprint density at radius 1 is 1.55 bits per heavy atom. The minimum atomic E-state index is -1.75. The fraction of sp³-hybridized carbons (Fsp3) is 0.500. The molecule has 5 heteroatoms. The van der Waals surface area contributed by atoms with Crippen molar-refractivity contribution in [1.29, 1.82) is 0 Å². The summed E-state index contributed by atoms with van der Waals surface area (Å²) in [7, 11) is 1.31. The summed E-state index contributed by atoms with van der Waals surface area (Å²) in [5.74, 6) is -0.448. The molecule has 4 nitrogen and oxygen atoms in total. The van der Waals surface area contributed by atoms with Crippen molar-refractivity contribution in [3.8, 4) is 0 Å². The molecule has 0 unspecified atom stereocenters. The molecule has 0 saturated heterocycles. The van der Waals surface area contributed by atoms with E-state index in [0.717, 1.165) is 6.08 Å². The first-order chi connectivity index (χ1) is 5.24. The highest BCUT2D eigenvalue weighted by molar-refractivity contribution is 6.44. The van der Waals surface area contributed by atoms with Crippen molar-refractivity contribution in [3.05, 3.63) is 12.7 Å². The predicted octanol–water partition coefficient (Wildman–Crippen LogP) is -0.232. The fourth-order valence-corrected chi connectivity index (χ4v) is 1.21. The van der Waals surface area contributed by atoms with Crippen molar-refractivity contribution in [2.45, 2.75) is 0 Å². The molecule has 11 heavy (non-hydrogen) atoms. The fourth-order valence-electron chi connectivity index (χ4n) is 0.441. The van der Waals surface area contributed by atoms with E-state index in [-0.39, 0.29) is 6.23 Å². The van der Waals surface area contributed by atoms with Gasteiger partial charge in [0.1, 0.15) is 6.23 Å². The van der Waals surface area contributed by atoms with Gasteiger partial charge in [-0.3, -0.25) is 0 Å². The molecule has 0 atom stereocenters. The topological polar surface area (TPSA) is 44.8 Å². The quantitative estimate of drug-likeness (QED) is 0.330. The zero-order valence-corrected chi connectivity index (χ0v) is 7.86. The molecule has 0 aromatic heterocycles. The first-order valence-electron chi connectivity index (χ1n) is 3.09. The summed E-state index contributed by atoms with van der Waals surface area (Å²) >= 11 is 0. The molecule has 0 saturated carbocycles. The van der Waals surface area contributed by atoms with Crippen LogP contribution in [0.1, 0.15) is 0 Å². The van der Waals surface area contributed by atoms with Gasteiger partial charge in [-0.05, 0) is 0 Å². The van der Waals surface area contributed by atoms with Crippen LogP contribution in [0.15, 0.2) is 12.7 Å². The molecule has 0 N–H and O–H groups in total. The van der Waals surface area contributed by atoms with Crippen LogP contribution in [0, 0.1) is 0 Å². The number of carbonyl (C=O) groups is 1. The molecule has 0 heterocycles. The maximum absolute atomic E-state index is 10.5. The van der Waals surface area contributed by atoms with Crippen LogP contribution in [-0.4, -0.2) is 35.7 Å². The highest BCUT2D eigenvalue weighted by Crippen LogP contribution is 1.87. The third-order valence-corrected chi connectivity index (χ3v) is 2.54. The number of ether oxygens (including phenoxy) is 1.